The van der Waals surface area contributed by atoms with Gasteiger partial charge in [-0.25, -0.2) is 19.6 Å². The van der Waals surface area contributed by atoms with E-state index < -0.39 is 36.4 Å². The number of allylic oxidation sites excluding steroid dienone is 6. The molecule has 2 saturated heterocycles. The minimum atomic E-state index is -0.796. The number of ether oxygens (including phenoxy) is 2. The summed E-state index contributed by atoms with van der Waals surface area (Å²) in [7, 11) is 2.48. The number of methoxy groups -OCH3 is 2. The average Bonchev–Trinajstić information content (AvgIpc) is 3.75. The standard InChI is InChI=1S/C34H50N8O6/c1-9-13-23(37-29(35)25-15-11-19-41(25)31(43)27(21(3)4)39-33(45)47-7)17-18-24(14-10-2)38-30(36)26-16-12-20-42(26)32(44)28(22(5)6)40-34(46)48-8/h9-10,13-14,21-22,25-28H,1-2,11-12,15-16,19-20H2,3-8H3,(H2,35,37)(H2,36,38)(H,39,45)(H,40,46)/b23-13-,24-14-/t25-,26-,27-,28-/m0/s1. The van der Waals surface area contributed by atoms with Crippen molar-refractivity contribution in [3.63, 3.8) is 0 Å². The molecule has 0 unspecified atom stereocenters. The number of hydrogen-bond donors (Lipinski definition) is 4. The molecule has 0 spiro atoms. The molecule has 4 amide bonds. The first-order valence-corrected chi connectivity index (χ1v) is 15.9. The Morgan fingerprint density at radius 3 is 1.40 bits per heavy atom. The second kappa shape index (κ2) is 18.9. The van der Waals surface area contributed by atoms with E-state index in [0.29, 0.717) is 38.8 Å². The van der Waals surface area contributed by atoms with Gasteiger partial charge in [0.2, 0.25) is 11.8 Å². The molecular formula is C34H50N8O6. The maximum atomic E-state index is 13.5. The molecule has 2 rings (SSSR count). The SMILES string of the molecule is C=C/C=C(/C#C/C(=C/C=C)N=C(N)[C@@H]1CCCN1C(=O)[C@@H](NC(=O)OC)C(C)C)N=C(N)[C@@H]1CCCN1C(=O)[C@@H](NC(=O)OC)C(C)C. The van der Waals surface area contributed by atoms with Gasteiger partial charge in [0.15, 0.2) is 0 Å². The number of nitrogens with zero attached hydrogens (tertiary/aromatic N) is 4. The number of carbonyl (C=O) groups is 4. The number of hydrogen-bond acceptors (Lipinski definition) is 8. The first kappa shape index (κ1) is 39.1. The molecule has 14 nitrogen and oxygen atoms in total. The van der Waals surface area contributed by atoms with Crippen LogP contribution >= 0.6 is 0 Å². The van der Waals surface area contributed by atoms with Gasteiger partial charge in [0.25, 0.3) is 0 Å². The molecule has 14 heteroatoms. The molecule has 0 radical (unpaired) electrons. The van der Waals surface area contributed by atoms with Crippen molar-refractivity contribution in [2.24, 2.45) is 33.3 Å². The van der Waals surface area contributed by atoms with Gasteiger partial charge in [-0.15, -0.1) is 0 Å². The monoisotopic (exact) mass is 666 g/mol. The van der Waals surface area contributed by atoms with E-state index in [-0.39, 0.29) is 46.7 Å². The third-order valence-electron chi connectivity index (χ3n) is 7.91. The van der Waals surface area contributed by atoms with E-state index in [2.05, 4.69) is 45.6 Å². The zero-order valence-electron chi connectivity index (χ0n) is 28.8. The summed E-state index contributed by atoms with van der Waals surface area (Å²) < 4.78 is 9.40. The van der Waals surface area contributed by atoms with Gasteiger partial charge in [0.1, 0.15) is 35.1 Å². The molecule has 0 aromatic heterocycles. The Balaban J connectivity index is 2.33. The highest BCUT2D eigenvalue weighted by Gasteiger charge is 2.38. The van der Waals surface area contributed by atoms with E-state index in [1.165, 1.54) is 26.4 Å². The van der Waals surface area contributed by atoms with E-state index in [4.69, 9.17) is 20.9 Å². The highest BCUT2D eigenvalue weighted by Crippen LogP contribution is 2.23. The van der Waals surface area contributed by atoms with Gasteiger partial charge in [-0.2, -0.15) is 0 Å². The summed E-state index contributed by atoms with van der Waals surface area (Å²) in [6, 6.07) is -2.59. The second-order valence-corrected chi connectivity index (χ2v) is 12.0. The summed E-state index contributed by atoms with van der Waals surface area (Å²) in [6.45, 7) is 15.7. The quantitative estimate of drug-likeness (QED) is 0.106. The maximum Gasteiger partial charge on any atom is 0.407 e. The Kier molecular flexibility index (Phi) is 15.4. The largest absolute Gasteiger partial charge is 0.453 e. The number of amides is 4. The van der Waals surface area contributed by atoms with Crippen molar-refractivity contribution in [2.45, 2.75) is 77.5 Å². The van der Waals surface area contributed by atoms with Gasteiger partial charge in [0, 0.05) is 13.1 Å². The Morgan fingerprint density at radius 2 is 1.10 bits per heavy atom. The third-order valence-corrected chi connectivity index (χ3v) is 7.91. The molecular weight excluding hydrogens is 616 g/mol. The molecule has 2 fully saturated rings. The molecule has 0 saturated carbocycles. The Morgan fingerprint density at radius 1 is 0.750 bits per heavy atom. The van der Waals surface area contributed by atoms with Crippen molar-refractivity contribution in [2.75, 3.05) is 27.3 Å². The summed E-state index contributed by atoms with van der Waals surface area (Å²) in [4.78, 5) is 63.0. The van der Waals surface area contributed by atoms with Crippen LogP contribution in [0.2, 0.25) is 0 Å². The maximum absolute atomic E-state index is 13.5. The van der Waals surface area contributed by atoms with E-state index in [0.717, 1.165) is 0 Å². The first-order chi connectivity index (χ1) is 22.8. The average molecular weight is 667 g/mol. The summed E-state index contributed by atoms with van der Waals surface area (Å²) in [6.07, 6.45) is 7.38. The second-order valence-electron chi connectivity index (χ2n) is 12.0. The van der Waals surface area contributed by atoms with Gasteiger partial charge in [-0.05, 0) is 61.5 Å². The Labute approximate surface area is 283 Å². The van der Waals surface area contributed by atoms with Crippen LogP contribution in [0.3, 0.4) is 0 Å². The number of nitrogens with two attached hydrogens (primary N) is 2. The van der Waals surface area contributed by atoms with Crippen molar-refractivity contribution in [1.82, 2.24) is 20.4 Å². The molecule has 0 bridgehead atoms. The molecule has 6 N–H and O–H groups in total. The lowest BCUT2D eigenvalue weighted by atomic mass is 10.0. The predicted molar refractivity (Wildman–Crippen MR) is 185 cm³/mol. The van der Waals surface area contributed by atoms with Crippen LogP contribution in [0.1, 0.15) is 53.4 Å². The lowest BCUT2D eigenvalue weighted by molar-refractivity contribution is -0.134. The van der Waals surface area contributed by atoms with E-state index in [1.807, 2.05) is 27.7 Å². The number of nitrogens with one attached hydrogen (secondary N) is 2. The molecule has 0 aromatic rings. The van der Waals surface area contributed by atoms with Crippen LogP contribution in [0.5, 0.6) is 0 Å². The summed E-state index contributed by atoms with van der Waals surface area (Å²) in [5, 5.41) is 5.22. The molecule has 2 heterocycles. The highest BCUT2D eigenvalue weighted by molar-refractivity contribution is 5.95. The van der Waals surface area contributed by atoms with Crippen molar-refractivity contribution in [1.29, 1.82) is 0 Å². The van der Waals surface area contributed by atoms with Crippen LogP contribution in [0.4, 0.5) is 9.59 Å². The van der Waals surface area contributed by atoms with Crippen LogP contribution in [-0.2, 0) is 19.1 Å². The molecule has 0 aliphatic carbocycles. The third kappa shape index (κ3) is 10.8. The van der Waals surface area contributed by atoms with Gasteiger partial charge >= 0.3 is 12.2 Å². The topological polar surface area (TPSA) is 194 Å². The number of alkyl carbamates (subject to hydrolysis) is 2. The zero-order chi connectivity index (χ0) is 36.0. The molecule has 262 valence electrons. The van der Waals surface area contributed by atoms with E-state index in [1.54, 1.807) is 22.0 Å². The smallest absolute Gasteiger partial charge is 0.407 e. The normalized spacial score (nSPS) is 20.1. The highest BCUT2D eigenvalue weighted by atomic mass is 16.5. The van der Waals surface area contributed by atoms with Crippen molar-refractivity contribution >= 4 is 35.7 Å². The molecule has 2 aliphatic rings. The van der Waals surface area contributed by atoms with Crippen LogP contribution < -0.4 is 22.1 Å². The summed E-state index contributed by atoms with van der Waals surface area (Å²) in [5.41, 5.74) is 13.4. The van der Waals surface area contributed by atoms with Gasteiger partial charge in [0.05, 0.1) is 26.3 Å². The number of carbonyl (C=O) groups excluding carboxylic acids is 4. The zero-order valence-corrected chi connectivity index (χ0v) is 28.8. The van der Waals surface area contributed by atoms with Gasteiger partial charge in [-0.1, -0.05) is 53.0 Å². The van der Waals surface area contributed by atoms with Crippen molar-refractivity contribution in [3.8, 4) is 11.8 Å². The van der Waals surface area contributed by atoms with Crippen LogP contribution in [-0.4, -0.2) is 96.9 Å². The predicted octanol–water partition coefficient (Wildman–Crippen LogP) is 2.59. The number of rotatable bonds is 12. The summed E-state index contributed by atoms with van der Waals surface area (Å²) >= 11 is 0. The van der Waals surface area contributed by atoms with Crippen LogP contribution in [0.15, 0.2) is 58.8 Å². The fourth-order valence-electron chi connectivity index (χ4n) is 5.42. The number of aliphatic imine (C=N–C) groups is 2. The minimum Gasteiger partial charge on any atom is -0.453 e. The number of likely N-dealkylation sites (tertiary alicyclic amines) is 2. The summed E-state index contributed by atoms with van der Waals surface area (Å²) in [5.74, 6) is 5.31. The van der Waals surface area contributed by atoms with E-state index in [9.17, 15) is 19.2 Å². The van der Waals surface area contributed by atoms with Crippen molar-refractivity contribution < 1.29 is 28.7 Å². The number of amidine groups is 2. The first-order valence-electron chi connectivity index (χ1n) is 15.9. The Hall–Kier alpha value is -5.06. The Bertz CT molecular complexity index is 1300. The minimum absolute atomic E-state index is 0.182. The molecule has 4 atom stereocenters. The fourth-order valence-corrected chi connectivity index (χ4v) is 5.42. The molecule has 0 aromatic carbocycles. The molecule has 2 aliphatic heterocycles. The molecule has 48 heavy (non-hydrogen) atoms. The van der Waals surface area contributed by atoms with Gasteiger partial charge < -0.3 is 41.4 Å². The van der Waals surface area contributed by atoms with Crippen LogP contribution in [0, 0.1) is 23.7 Å². The van der Waals surface area contributed by atoms with Crippen LogP contribution in [0.25, 0.3) is 0 Å². The fraction of sp³-hybridized carbons (Fsp3) is 0.529. The lowest BCUT2D eigenvalue weighted by Gasteiger charge is -2.30. The van der Waals surface area contributed by atoms with Gasteiger partial charge in [-0.3, -0.25) is 9.59 Å². The van der Waals surface area contributed by atoms with Crippen molar-refractivity contribution in [3.05, 3.63) is 48.9 Å². The van der Waals surface area contributed by atoms with E-state index >= 15 is 0 Å². The lowest BCUT2D eigenvalue weighted by Crippen LogP contribution is -2.54.